The van der Waals surface area contributed by atoms with E-state index in [1.807, 2.05) is 67.6 Å². The fraction of sp³-hybridized carbons (Fsp3) is 0.158. The zero-order valence-corrected chi connectivity index (χ0v) is 18.2. The molecule has 0 saturated carbocycles. The van der Waals surface area contributed by atoms with E-state index in [4.69, 9.17) is 0 Å². The Balaban J connectivity index is -0.00000110. The molecule has 0 amide bonds. The molecule has 2 aromatic carbocycles. The molecule has 0 aliphatic carbocycles. The van der Waals surface area contributed by atoms with Crippen LogP contribution in [0.25, 0.3) is 0 Å². The molecule has 2 N–H and O–H groups in total. The van der Waals surface area contributed by atoms with Crippen molar-refractivity contribution in [1.29, 1.82) is 0 Å². The Kier molecular flexibility index (Phi) is 16.1. The summed E-state index contributed by atoms with van der Waals surface area (Å²) < 4.78 is 1.68. The van der Waals surface area contributed by atoms with Crippen LogP contribution in [-0.4, -0.2) is 14.5 Å². The maximum absolute atomic E-state index is 9.82. The minimum atomic E-state index is -2.59. The molecule has 0 saturated heterocycles. The van der Waals surface area contributed by atoms with Crippen molar-refractivity contribution in [3.05, 3.63) is 101 Å². The number of hydrogen-bond acceptors (Lipinski definition) is 3. The quantitative estimate of drug-likeness (QED) is 0.430. The van der Waals surface area contributed by atoms with Crippen LogP contribution in [0.2, 0.25) is 0 Å². The standard InChI is InChI=1S/C16H19NO2P.3CH3.Ir/c1-13(15-9-5-3-6-10-15)17(20(18)19)14(2)16-11-7-4-8-12-16;;;;/h3-14,18-19H,1H2,2H3;3*1H3;/q4*-1;/p+1/t13-,14-;;;;/m1..../s1. The molecule has 0 unspecified atom stereocenters. The third-order valence-electron chi connectivity index (χ3n) is 3.45. The van der Waals surface area contributed by atoms with Crippen LogP contribution >= 0.6 is 8.53 Å². The first kappa shape index (κ1) is 28.2. The van der Waals surface area contributed by atoms with Gasteiger partial charge in [-0.2, -0.15) is 0 Å². The van der Waals surface area contributed by atoms with Crippen molar-refractivity contribution in [3.8, 4) is 0 Å². The van der Waals surface area contributed by atoms with E-state index in [2.05, 4.69) is 6.92 Å². The second-order valence-corrected chi connectivity index (χ2v) is 5.84. The molecule has 24 heavy (non-hydrogen) atoms. The van der Waals surface area contributed by atoms with Crippen LogP contribution in [0.3, 0.4) is 0 Å². The van der Waals surface area contributed by atoms with Crippen LogP contribution < -0.4 is 0 Å². The van der Waals surface area contributed by atoms with Gasteiger partial charge in [-0.25, -0.2) is 9.79 Å². The summed E-state index contributed by atoms with van der Waals surface area (Å²) in [5, 5.41) is 0. The number of hydrogen-bond donors (Lipinski definition) is 2. The van der Waals surface area contributed by atoms with E-state index in [0.29, 0.717) is 0 Å². The molecule has 0 fully saturated rings. The Morgan fingerprint density at radius 2 is 1.21 bits per heavy atom. The van der Waals surface area contributed by atoms with Crippen LogP contribution in [0.5, 0.6) is 0 Å². The van der Waals surface area contributed by atoms with Gasteiger partial charge >= 0.3 is 8.53 Å². The second-order valence-electron chi connectivity index (χ2n) is 4.72. The van der Waals surface area contributed by atoms with Gasteiger partial charge in [-0.05, 0) is 12.5 Å². The van der Waals surface area contributed by atoms with Crippen LogP contribution in [0.1, 0.15) is 30.1 Å². The van der Waals surface area contributed by atoms with Gasteiger partial charge in [-0.3, -0.25) is 0 Å². The third-order valence-corrected chi connectivity index (χ3v) is 4.61. The van der Waals surface area contributed by atoms with Gasteiger partial charge in [0.15, 0.2) is 0 Å². The molecule has 0 aliphatic rings. The van der Waals surface area contributed by atoms with Gasteiger partial charge in [0, 0.05) is 20.1 Å². The number of benzene rings is 2. The zero-order valence-electron chi connectivity index (χ0n) is 14.8. The topological polar surface area (TPSA) is 43.7 Å². The van der Waals surface area contributed by atoms with E-state index in [0.717, 1.165) is 11.1 Å². The first-order valence-corrected chi connectivity index (χ1v) is 7.91. The molecule has 2 aromatic rings. The molecule has 139 valence electrons. The smallest absolute Gasteiger partial charge is 0.327 e. The fourth-order valence-corrected chi connectivity index (χ4v) is 3.23. The third kappa shape index (κ3) is 7.11. The van der Waals surface area contributed by atoms with Crippen LogP contribution in [0, 0.1) is 29.2 Å². The molecule has 0 bridgehead atoms. The summed E-state index contributed by atoms with van der Waals surface area (Å²) in [4.78, 5) is 19.6. The first-order chi connectivity index (χ1) is 9.61. The average molecular weight is 527 g/mol. The summed E-state index contributed by atoms with van der Waals surface area (Å²) >= 11 is 0. The monoisotopic (exact) mass is 527 g/mol. The number of rotatable bonds is 5. The Morgan fingerprint density at radius 1 is 0.833 bits per heavy atom. The van der Waals surface area contributed by atoms with Gasteiger partial charge in [0.1, 0.15) is 0 Å². The molecule has 0 heterocycles. The molecule has 0 aromatic heterocycles. The van der Waals surface area contributed by atoms with Crippen molar-refractivity contribution in [2.24, 2.45) is 0 Å². The summed E-state index contributed by atoms with van der Waals surface area (Å²) in [5.41, 5.74) is 2.02. The molecule has 2 rings (SSSR count). The summed E-state index contributed by atoms with van der Waals surface area (Å²) in [5.74, 6) is 0. The molecule has 2 atom stereocenters. The predicted octanol–water partition coefficient (Wildman–Crippen LogP) is 4.92. The van der Waals surface area contributed by atoms with Crippen molar-refractivity contribution in [1.82, 2.24) is 4.67 Å². The van der Waals surface area contributed by atoms with E-state index in [9.17, 15) is 9.79 Å². The molecule has 1 radical (unpaired) electrons. The summed E-state index contributed by atoms with van der Waals surface area (Å²) in [6, 6.07) is 19.1. The first-order valence-electron chi connectivity index (χ1n) is 6.57. The summed E-state index contributed by atoms with van der Waals surface area (Å²) in [6.07, 6.45) is 0. The Bertz CT molecular complexity index is 480. The van der Waals surface area contributed by atoms with Crippen molar-refractivity contribution < 1.29 is 29.9 Å². The van der Waals surface area contributed by atoms with E-state index >= 15 is 0 Å². The van der Waals surface area contributed by atoms with Crippen LogP contribution in [-0.2, 0) is 20.1 Å². The van der Waals surface area contributed by atoms with Gasteiger partial charge in [0.2, 0.25) is 0 Å². The molecule has 5 heteroatoms. The Hall–Kier alpha value is -0.601. The van der Waals surface area contributed by atoms with Crippen molar-refractivity contribution in [3.63, 3.8) is 0 Å². The van der Waals surface area contributed by atoms with E-state index in [-0.39, 0.29) is 54.5 Å². The normalized spacial score (nSPS) is 12.1. The molecule has 0 spiro atoms. The van der Waals surface area contributed by atoms with Gasteiger partial charge in [-0.15, -0.1) is 4.67 Å². The van der Waals surface area contributed by atoms with Crippen molar-refractivity contribution in [2.75, 3.05) is 0 Å². The molecule has 3 nitrogen and oxygen atoms in total. The molecule has 0 aliphatic heterocycles. The van der Waals surface area contributed by atoms with Gasteiger partial charge in [0.05, 0.1) is 6.04 Å². The molecular formula is C19H29IrNO2P-3. The second kappa shape index (κ2) is 13.7. The van der Waals surface area contributed by atoms with E-state index in [1.54, 1.807) is 4.67 Å². The van der Waals surface area contributed by atoms with Gasteiger partial charge in [0.25, 0.3) is 0 Å². The minimum absolute atomic E-state index is 0. The maximum Gasteiger partial charge on any atom is 0.327 e. The number of nitrogens with zero attached hydrogens (tertiary/aromatic N) is 1. The summed E-state index contributed by atoms with van der Waals surface area (Å²) in [6.45, 7) is 6.07. The van der Waals surface area contributed by atoms with Crippen molar-refractivity contribution in [2.45, 2.75) is 19.0 Å². The van der Waals surface area contributed by atoms with Gasteiger partial charge in [-0.1, -0.05) is 72.3 Å². The van der Waals surface area contributed by atoms with Crippen LogP contribution in [0.4, 0.5) is 0 Å². The van der Waals surface area contributed by atoms with Crippen molar-refractivity contribution >= 4 is 8.53 Å². The van der Waals surface area contributed by atoms with Gasteiger partial charge < -0.3 is 29.2 Å². The fourth-order valence-electron chi connectivity index (χ4n) is 2.31. The predicted molar refractivity (Wildman–Crippen MR) is 103 cm³/mol. The Morgan fingerprint density at radius 3 is 1.58 bits per heavy atom. The average Bonchev–Trinajstić information content (AvgIpc) is 2.48. The van der Waals surface area contributed by atoms with E-state index in [1.165, 1.54) is 0 Å². The zero-order chi connectivity index (χ0) is 14.5. The molecular weight excluding hydrogens is 497 g/mol. The van der Waals surface area contributed by atoms with Crippen LogP contribution in [0.15, 0.2) is 60.7 Å². The summed E-state index contributed by atoms with van der Waals surface area (Å²) in [7, 11) is -2.59. The minimum Gasteiger partial charge on any atom is -0.358 e. The Labute approximate surface area is 163 Å². The SMILES string of the molecule is [CH2-][C@H](c1ccccc1)N([C@H](C)c1ccccc1)[PH+](O)O.[CH3-].[CH3-].[CH3-].[Ir]. The largest absolute Gasteiger partial charge is 0.358 e. The maximum atomic E-state index is 9.82. The van der Waals surface area contributed by atoms with E-state index < -0.39 is 8.53 Å².